The highest BCUT2D eigenvalue weighted by molar-refractivity contribution is 5.92. The molecule has 7 rings (SSSR count). The fraction of sp³-hybridized carbons (Fsp3) is 0.394. The Morgan fingerprint density at radius 1 is 0.905 bits per heavy atom. The van der Waals surface area contributed by atoms with Crippen molar-refractivity contribution >= 4 is 34.5 Å². The molecule has 3 aromatic rings. The lowest BCUT2D eigenvalue weighted by atomic mass is 10.1. The topological polar surface area (TPSA) is 77.0 Å². The molecule has 0 saturated carbocycles. The zero-order chi connectivity index (χ0) is 28.4. The van der Waals surface area contributed by atoms with Crippen LogP contribution in [0, 0.1) is 0 Å². The molecule has 0 aromatic heterocycles. The summed E-state index contributed by atoms with van der Waals surface area (Å²) in [4.78, 5) is 17.2. The van der Waals surface area contributed by atoms with E-state index in [0.717, 1.165) is 86.2 Å². The van der Waals surface area contributed by atoms with Crippen LogP contribution in [0.5, 0.6) is 5.75 Å². The molecule has 0 spiro atoms. The van der Waals surface area contributed by atoms with Crippen LogP contribution in [0.3, 0.4) is 0 Å². The van der Waals surface area contributed by atoms with E-state index < -0.39 is 5.66 Å². The minimum Gasteiger partial charge on any atom is -0.425 e. The third-order valence-electron chi connectivity index (χ3n) is 8.70. The summed E-state index contributed by atoms with van der Waals surface area (Å²) in [6.45, 7) is 9.65. The Kier molecular flexibility index (Phi) is 7.44. The van der Waals surface area contributed by atoms with E-state index in [0.29, 0.717) is 6.02 Å². The summed E-state index contributed by atoms with van der Waals surface area (Å²) >= 11 is 0. The third kappa shape index (κ3) is 5.42. The highest BCUT2D eigenvalue weighted by atomic mass is 16.5. The van der Waals surface area contributed by atoms with Crippen molar-refractivity contribution in [2.24, 2.45) is 9.98 Å². The summed E-state index contributed by atoms with van der Waals surface area (Å²) < 4.78 is 12.0. The first-order chi connectivity index (χ1) is 20.7. The van der Waals surface area contributed by atoms with Gasteiger partial charge in [0.1, 0.15) is 17.3 Å². The van der Waals surface area contributed by atoms with E-state index >= 15 is 0 Å². The fourth-order valence-electron chi connectivity index (χ4n) is 6.27. The van der Waals surface area contributed by atoms with E-state index in [2.05, 4.69) is 74.7 Å². The quantitative estimate of drug-likeness (QED) is 0.425. The van der Waals surface area contributed by atoms with Crippen molar-refractivity contribution in [3.63, 3.8) is 0 Å². The molecule has 4 heterocycles. The number of morpholine rings is 1. The molecule has 9 nitrogen and oxygen atoms in total. The standard InChI is InChI=1S/C33H39N7O2/c1-33-30(34-24-40(33)19-18-38-16-5-2-6-17-38)31(35-26-12-14-27(15-13-26)39-20-22-41-23-21-39)36-32(37-33)42-29-11-7-9-25-8-3-4-10-28(25)29/h3-4,7-15,24,35H,2,5-6,16-23H2,1H3,(H,36,37). The van der Waals surface area contributed by atoms with Crippen LogP contribution >= 0.6 is 0 Å². The number of fused-ring (bicyclic) bond motifs is 2. The first-order valence-corrected chi connectivity index (χ1v) is 15.2. The van der Waals surface area contributed by atoms with Gasteiger partial charge in [0.25, 0.3) is 6.02 Å². The molecule has 2 saturated heterocycles. The van der Waals surface area contributed by atoms with Gasteiger partial charge >= 0.3 is 0 Å². The van der Waals surface area contributed by atoms with E-state index in [1.807, 2.05) is 30.6 Å². The Hall–Kier alpha value is -4.08. The average Bonchev–Trinajstić information content (AvgIpc) is 3.37. The largest absolute Gasteiger partial charge is 0.425 e. The number of hydrogen-bond acceptors (Lipinski definition) is 9. The van der Waals surface area contributed by atoms with Crippen molar-refractivity contribution in [3.8, 4) is 5.75 Å². The van der Waals surface area contributed by atoms with Gasteiger partial charge in [-0.15, -0.1) is 0 Å². The van der Waals surface area contributed by atoms with E-state index in [4.69, 9.17) is 19.5 Å². The summed E-state index contributed by atoms with van der Waals surface area (Å²) in [7, 11) is 0. The molecule has 4 aliphatic heterocycles. The molecule has 1 atom stereocenters. The van der Waals surface area contributed by atoms with Gasteiger partial charge in [-0.25, -0.2) is 9.98 Å². The first-order valence-electron chi connectivity index (χ1n) is 15.2. The number of amidine groups is 1. The SMILES string of the molecule is CC12N=C(Oc3cccc4ccccc34)NC(Nc3ccc(N4CCOCC4)cc3)=C1N=CN2CCN1CCCCC1. The lowest BCUT2D eigenvalue weighted by molar-refractivity contribution is 0.122. The predicted molar refractivity (Wildman–Crippen MR) is 169 cm³/mol. The number of anilines is 2. The van der Waals surface area contributed by atoms with E-state index in [1.165, 1.54) is 24.9 Å². The molecular formula is C33H39N7O2. The van der Waals surface area contributed by atoms with Gasteiger partial charge in [-0.3, -0.25) is 5.32 Å². The Morgan fingerprint density at radius 3 is 2.52 bits per heavy atom. The molecule has 0 bridgehead atoms. The number of nitrogens with zero attached hydrogens (tertiary/aromatic N) is 5. The van der Waals surface area contributed by atoms with Gasteiger partial charge in [-0.2, -0.15) is 0 Å². The zero-order valence-corrected chi connectivity index (χ0v) is 24.3. The highest BCUT2D eigenvalue weighted by Gasteiger charge is 2.44. The monoisotopic (exact) mass is 565 g/mol. The fourth-order valence-corrected chi connectivity index (χ4v) is 6.27. The van der Waals surface area contributed by atoms with Crippen LogP contribution in [-0.4, -0.2) is 80.3 Å². The third-order valence-corrected chi connectivity index (χ3v) is 8.70. The number of hydrogen-bond donors (Lipinski definition) is 2. The van der Waals surface area contributed by atoms with Crippen molar-refractivity contribution in [1.29, 1.82) is 0 Å². The minimum atomic E-state index is -0.697. The van der Waals surface area contributed by atoms with E-state index in [-0.39, 0.29) is 0 Å². The summed E-state index contributed by atoms with van der Waals surface area (Å²) in [5.41, 5.74) is 2.32. The molecule has 3 aromatic carbocycles. The van der Waals surface area contributed by atoms with Gasteiger partial charge in [0.15, 0.2) is 5.66 Å². The van der Waals surface area contributed by atoms with Gasteiger partial charge in [0, 0.05) is 42.9 Å². The highest BCUT2D eigenvalue weighted by Crippen LogP contribution is 2.36. The Labute approximate surface area is 247 Å². The van der Waals surface area contributed by atoms with Gasteiger partial charge in [0.05, 0.1) is 19.6 Å². The Balaban J connectivity index is 1.16. The number of benzene rings is 3. The van der Waals surface area contributed by atoms with Crippen LogP contribution in [-0.2, 0) is 4.74 Å². The number of nitrogens with one attached hydrogen (secondary N) is 2. The van der Waals surface area contributed by atoms with Gasteiger partial charge in [0.2, 0.25) is 0 Å². The van der Waals surface area contributed by atoms with Crippen molar-refractivity contribution in [2.75, 3.05) is 62.7 Å². The van der Waals surface area contributed by atoms with Gasteiger partial charge in [-0.05, 0) is 68.6 Å². The van der Waals surface area contributed by atoms with Crippen LogP contribution in [0.15, 0.2) is 88.2 Å². The normalized spacial score (nSPS) is 22.6. The van der Waals surface area contributed by atoms with Gasteiger partial charge < -0.3 is 29.5 Å². The maximum Gasteiger partial charge on any atom is 0.298 e. The lowest BCUT2D eigenvalue weighted by Gasteiger charge is -2.37. The lowest BCUT2D eigenvalue weighted by Crippen LogP contribution is -2.51. The molecule has 0 aliphatic carbocycles. The van der Waals surface area contributed by atoms with Crippen LogP contribution in [0.25, 0.3) is 10.8 Å². The second-order valence-corrected chi connectivity index (χ2v) is 11.5. The van der Waals surface area contributed by atoms with Crippen LogP contribution in [0.1, 0.15) is 26.2 Å². The van der Waals surface area contributed by atoms with Crippen molar-refractivity contribution in [3.05, 3.63) is 78.2 Å². The smallest absolute Gasteiger partial charge is 0.298 e. The number of ether oxygens (including phenoxy) is 2. The second-order valence-electron chi connectivity index (χ2n) is 11.5. The number of piperidine rings is 1. The summed E-state index contributed by atoms with van der Waals surface area (Å²) in [5, 5.41) is 9.20. The maximum absolute atomic E-state index is 6.50. The average molecular weight is 566 g/mol. The number of aliphatic imine (C=N–C) groups is 2. The maximum atomic E-state index is 6.50. The molecular weight excluding hydrogens is 526 g/mol. The summed E-state index contributed by atoms with van der Waals surface area (Å²) in [6, 6.07) is 23.3. The molecule has 2 fully saturated rings. The Bertz CT molecular complexity index is 1500. The van der Waals surface area contributed by atoms with Gasteiger partial charge in [-0.1, -0.05) is 42.8 Å². The molecule has 0 amide bonds. The minimum absolute atomic E-state index is 0.443. The predicted octanol–water partition coefficient (Wildman–Crippen LogP) is 4.84. The zero-order valence-electron chi connectivity index (χ0n) is 24.3. The molecule has 4 aliphatic rings. The molecule has 1 unspecified atom stereocenters. The van der Waals surface area contributed by atoms with Crippen molar-refractivity contribution in [1.82, 2.24) is 15.1 Å². The molecule has 2 N–H and O–H groups in total. The number of rotatable bonds is 7. The molecule has 9 heteroatoms. The molecule has 0 radical (unpaired) electrons. The van der Waals surface area contributed by atoms with Crippen LogP contribution in [0.2, 0.25) is 0 Å². The molecule has 218 valence electrons. The van der Waals surface area contributed by atoms with E-state index in [9.17, 15) is 0 Å². The first kappa shape index (κ1) is 26.8. The van der Waals surface area contributed by atoms with E-state index in [1.54, 1.807) is 0 Å². The summed E-state index contributed by atoms with van der Waals surface area (Å²) in [6.07, 6.45) is 5.83. The second kappa shape index (κ2) is 11.7. The summed E-state index contributed by atoms with van der Waals surface area (Å²) in [5.74, 6) is 1.54. The van der Waals surface area contributed by atoms with Crippen LogP contribution in [0.4, 0.5) is 11.4 Å². The number of likely N-dealkylation sites (tertiary alicyclic amines) is 1. The molecule has 42 heavy (non-hydrogen) atoms. The van der Waals surface area contributed by atoms with Crippen molar-refractivity contribution in [2.45, 2.75) is 31.8 Å². The van der Waals surface area contributed by atoms with Crippen molar-refractivity contribution < 1.29 is 9.47 Å². The van der Waals surface area contributed by atoms with Crippen LogP contribution < -0.4 is 20.3 Å². The Morgan fingerprint density at radius 2 is 1.69 bits per heavy atom.